The summed E-state index contributed by atoms with van der Waals surface area (Å²) in [6.45, 7) is 1.48. The number of alkyl halides is 1. The van der Waals surface area contributed by atoms with Crippen molar-refractivity contribution in [3.8, 4) is 0 Å². The molecule has 1 aromatic rings. The predicted octanol–water partition coefficient (Wildman–Crippen LogP) is 1.16. The van der Waals surface area contributed by atoms with Gasteiger partial charge in [0.15, 0.2) is 0 Å². The van der Waals surface area contributed by atoms with Gasteiger partial charge in [0.25, 0.3) is 0 Å². The van der Waals surface area contributed by atoms with Gasteiger partial charge in [-0.3, -0.25) is 4.98 Å². The molecule has 0 aromatic carbocycles. The molecule has 78 valence electrons. The number of halogens is 2. The van der Waals surface area contributed by atoms with E-state index in [0.29, 0.717) is 0 Å². The molecular weight excluding hydrogens is 209 g/mol. The summed E-state index contributed by atoms with van der Waals surface area (Å²) in [4.78, 5) is 3.80. The van der Waals surface area contributed by atoms with E-state index in [1.54, 1.807) is 0 Å². The molecule has 3 nitrogen and oxygen atoms in total. The van der Waals surface area contributed by atoms with Crippen molar-refractivity contribution in [2.24, 2.45) is 0 Å². The molecule has 2 atom stereocenters. The van der Waals surface area contributed by atoms with Gasteiger partial charge >= 0.3 is 0 Å². The van der Waals surface area contributed by atoms with E-state index in [4.69, 9.17) is 11.6 Å². The fraction of sp³-hybridized carbons (Fsp3) is 0.444. The topological polar surface area (TPSA) is 53.4 Å². The summed E-state index contributed by atoms with van der Waals surface area (Å²) in [7, 11) is 0. The largest absolute Gasteiger partial charge is 0.389 e. The van der Waals surface area contributed by atoms with Crippen LogP contribution in [0.25, 0.3) is 0 Å². The van der Waals surface area contributed by atoms with Gasteiger partial charge in [0.05, 0.1) is 23.4 Å². The van der Waals surface area contributed by atoms with Crippen LogP contribution >= 0.6 is 11.6 Å². The first kappa shape index (κ1) is 11.4. The lowest BCUT2D eigenvalue weighted by Crippen LogP contribution is -2.21. The number of hydrogen-bond acceptors (Lipinski definition) is 3. The van der Waals surface area contributed by atoms with Crippen LogP contribution in [-0.4, -0.2) is 27.2 Å². The monoisotopic (exact) mass is 219 g/mol. The number of aliphatic hydroxyl groups is 2. The molecule has 0 radical (unpaired) electrons. The van der Waals surface area contributed by atoms with Gasteiger partial charge in [-0.2, -0.15) is 0 Å². The maximum atomic E-state index is 12.8. The molecule has 2 unspecified atom stereocenters. The summed E-state index contributed by atoms with van der Waals surface area (Å²) in [5, 5.41) is 18.7. The zero-order chi connectivity index (χ0) is 10.7. The Balaban J connectivity index is 2.91. The number of rotatable bonds is 3. The van der Waals surface area contributed by atoms with Gasteiger partial charge in [0, 0.05) is 0 Å². The Labute approximate surface area is 86.2 Å². The van der Waals surface area contributed by atoms with Crippen LogP contribution in [0.5, 0.6) is 0 Å². The van der Waals surface area contributed by atoms with Crippen LogP contribution in [0.15, 0.2) is 12.1 Å². The average Bonchev–Trinajstić information content (AvgIpc) is 2.20. The Morgan fingerprint density at radius 3 is 2.64 bits per heavy atom. The molecule has 0 aliphatic rings. The summed E-state index contributed by atoms with van der Waals surface area (Å²) in [6.07, 6.45) is -2.26. The maximum absolute atomic E-state index is 12.8. The van der Waals surface area contributed by atoms with Gasteiger partial charge in [-0.25, -0.2) is 4.39 Å². The lowest BCUT2D eigenvalue weighted by Gasteiger charge is -2.14. The van der Waals surface area contributed by atoms with Crippen molar-refractivity contribution in [1.29, 1.82) is 0 Å². The third-order valence-corrected chi connectivity index (χ3v) is 2.18. The van der Waals surface area contributed by atoms with Gasteiger partial charge in [-0.05, 0) is 19.1 Å². The van der Waals surface area contributed by atoms with Crippen molar-refractivity contribution >= 4 is 11.6 Å². The summed E-state index contributed by atoms with van der Waals surface area (Å²) in [5.74, 6) is -0.541. The smallest absolute Gasteiger partial charge is 0.144 e. The molecule has 2 N–H and O–H groups in total. The summed E-state index contributed by atoms with van der Waals surface area (Å²) in [6, 6.07) is 2.52. The normalized spacial score (nSPS) is 15.2. The Kier molecular flexibility index (Phi) is 3.80. The highest BCUT2D eigenvalue weighted by Crippen LogP contribution is 2.16. The molecule has 14 heavy (non-hydrogen) atoms. The Morgan fingerprint density at radius 2 is 2.14 bits per heavy atom. The second-order valence-electron chi connectivity index (χ2n) is 2.97. The average molecular weight is 220 g/mol. The molecule has 5 heteroatoms. The van der Waals surface area contributed by atoms with E-state index in [2.05, 4.69) is 4.98 Å². The molecule has 0 saturated carbocycles. The molecule has 0 fully saturated rings. The van der Waals surface area contributed by atoms with Crippen molar-refractivity contribution in [3.05, 3.63) is 29.3 Å². The highest BCUT2D eigenvalue weighted by molar-refractivity contribution is 6.18. The molecule has 0 aliphatic heterocycles. The molecule has 0 spiro atoms. The van der Waals surface area contributed by atoms with E-state index in [-0.39, 0.29) is 17.3 Å². The number of aryl methyl sites for hydroxylation is 1. The van der Waals surface area contributed by atoms with E-state index < -0.39 is 18.0 Å². The SMILES string of the molecule is Cc1nc(C(O)C(O)CCl)ccc1F. The fourth-order valence-electron chi connectivity index (χ4n) is 1.01. The molecule has 0 amide bonds. The van der Waals surface area contributed by atoms with Crippen LogP contribution in [-0.2, 0) is 0 Å². The van der Waals surface area contributed by atoms with Gasteiger partial charge in [0.1, 0.15) is 11.9 Å². The van der Waals surface area contributed by atoms with Gasteiger partial charge in [0.2, 0.25) is 0 Å². The van der Waals surface area contributed by atoms with Crippen molar-refractivity contribution < 1.29 is 14.6 Å². The van der Waals surface area contributed by atoms with Crippen LogP contribution in [0.2, 0.25) is 0 Å². The molecule has 1 rings (SSSR count). The Bertz CT molecular complexity index is 322. The molecule has 0 saturated heterocycles. The van der Waals surface area contributed by atoms with Crippen LogP contribution in [0.1, 0.15) is 17.5 Å². The van der Waals surface area contributed by atoms with E-state index in [0.717, 1.165) is 0 Å². The van der Waals surface area contributed by atoms with E-state index in [9.17, 15) is 14.6 Å². The third kappa shape index (κ3) is 2.41. The number of pyridine rings is 1. The second kappa shape index (κ2) is 4.68. The minimum absolute atomic E-state index is 0.0979. The minimum Gasteiger partial charge on any atom is -0.389 e. The van der Waals surface area contributed by atoms with Crippen molar-refractivity contribution in [2.45, 2.75) is 19.1 Å². The first-order valence-corrected chi connectivity index (χ1v) is 4.65. The van der Waals surface area contributed by atoms with Crippen LogP contribution in [0, 0.1) is 12.7 Å². The zero-order valence-corrected chi connectivity index (χ0v) is 8.37. The lowest BCUT2D eigenvalue weighted by atomic mass is 10.1. The van der Waals surface area contributed by atoms with Gasteiger partial charge in [-0.15, -0.1) is 11.6 Å². The van der Waals surface area contributed by atoms with E-state index in [1.165, 1.54) is 19.1 Å². The molecule has 0 bridgehead atoms. The number of aromatic nitrogens is 1. The maximum Gasteiger partial charge on any atom is 0.144 e. The van der Waals surface area contributed by atoms with Crippen molar-refractivity contribution in [1.82, 2.24) is 4.98 Å². The number of hydrogen-bond donors (Lipinski definition) is 2. The van der Waals surface area contributed by atoms with Crippen molar-refractivity contribution in [2.75, 3.05) is 5.88 Å². The van der Waals surface area contributed by atoms with E-state index in [1.807, 2.05) is 0 Å². The number of nitrogens with zero attached hydrogens (tertiary/aromatic N) is 1. The highest BCUT2D eigenvalue weighted by Gasteiger charge is 2.19. The van der Waals surface area contributed by atoms with Crippen LogP contribution in [0.3, 0.4) is 0 Å². The molecule has 1 aromatic heterocycles. The first-order chi connectivity index (χ1) is 6.56. The fourth-order valence-corrected chi connectivity index (χ4v) is 1.18. The molecule has 0 aliphatic carbocycles. The number of aliphatic hydroxyl groups excluding tert-OH is 2. The molecular formula is C9H11ClFNO2. The van der Waals surface area contributed by atoms with Crippen LogP contribution in [0.4, 0.5) is 4.39 Å². The van der Waals surface area contributed by atoms with Crippen LogP contribution < -0.4 is 0 Å². The lowest BCUT2D eigenvalue weighted by molar-refractivity contribution is 0.0298. The third-order valence-electron chi connectivity index (χ3n) is 1.87. The summed E-state index contributed by atoms with van der Waals surface area (Å²) in [5.41, 5.74) is 0.403. The Hall–Kier alpha value is -0.710. The quantitative estimate of drug-likeness (QED) is 0.751. The zero-order valence-electron chi connectivity index (χ0n) is 7.61. The Morgan fingerprint density at radius 1 is 1.50 bits per heavy atom. The van der Waals surface area contributed by atoms with Gasteiger partial charge < -0.3 is 10.2 Å². The minimum atomic E-state index is -1.17. The predicted molar refractivity (Wildman–Crippen MR) is 50.6 cm³/mol. The summed E-state index contributed by atoms with van der Waals surface area (Å²) >= 11 is 5.36. The highest BCUT2D eigenvalue weighted by atomic mass is 35.5. The molecule has 1 heterocycles. The second-order valence-corrected chi connectivity index (χ2v) is 3.28. The van der Waals surface area contributed by atoms with Crippen molar-refractivity contribution in [3.63, 3.8) is 0 Å². The summed E-state index contributed by atoms with van der Waals surface area (Å²) < 4.78 is 12.8. The standard InChI is InChI=1S/C9H11ClFNO2/c1-5-6(11)2-3-7(12-5)9(14)8(13)4-10/h2-3,8-9,13-14H,4H2,1H3. The van der Waals surface area contributed by atoms with E-state index >= 15 is 0 Å². The first-order valence-electron chi connectivity index (χ1n) is 4.11. The van der Waals surface area contributed by atoms with Gasteiger partial charge in [-0.1, -0.05) is 0 Å².